The van der Waals surface area contributed by atoms with Crippen LogP contribution in [0.3, 0.4) is 0 Å². The number of carbonyl (C=O) groups is 1. The molecule has 0 spiro atoms. The molecule has 1 aromatic carbocycles. The van der Waals surface area contributed by atoms with E-state index in [2.05, 4.69) is 0 Å². The molecule has 0 radical (unpaired) electrons. The molecule has 0 bridgehead atoms. The number of anilines is 1. The van der Waals surface area contributed by atoms with Crippen LogP contribution >= 0.6 is 0 Å². The molecule has 80 valence electrons. The molecule has 2 N–H and O–H groups in total. The van der Waals surface area contributed by atoms with E-state index < -0.39 is 0 Å². The van der Waals surface area contributed by atoms with Gasteiger partial charge in [-0.3, -0.25) is 4.79 Å². The van der Waals surface area contributed by atoms with Gasteiger partial charge in [0.25, 0.3) is 0 Å². The van der Waals surface area contributed by atoms with E-state index in [1.807, 2.05) is 36.1 Å². The van der Waals surface area contributed by atoms with Gasteiger partial charge >= 0.3 is 0 Å². The molecule has 1 atom stereocenters. The van der Waals surface area contributed by atoms with Gasteiger partial charge in [0.15, 0.2) is 0 Å². The summed E-state index contributed by atoms with van der Waals surface area (Å²) < 4.78 is 0. The minimum absolute atomic E-state index is 0.0494. The second-order valence-corrected chi connectivity index (χ2v) is 4.03. The van der Waals surface area contributed by atoms with E-state index in [9.17, 15) is 4.79 Å². The molecule has 0 saturated carbocycles. The van der Waals surface area contributed by atoms with E-state index in [-0.39, 0.29) is 11.9 Å². The van der Waals surface area contributed by atoms with Crippen LogP contribution < -0.4 is 10.6 Å². The van der Waals surface area contributed by atoms with Crippen molar-refractivity contribution in [2.24, 2.45) is 5.73 Å². The van der Waals surface area contributed by atoms with Gasteiger partial charge in [-0.05, 0) is 31.0 Å². The predicted molar refractivity (Wildman–Crippen MR) is 60.6 cm³/mol. The van der Waals surface area contributed by atoms with E-state index in [1.54, 1.807) is 0 Å². The largest absolute Gasteiger partial charge is 0.324 e. The van der Waals surface area contributed by atoms with Gasteiger partial charge in [0, 0.05) is 24.7 Å². The smallest absolute Gasteiger partial charge is 0.227 e. The first-order valence-corrected chi connectivity index (χ1v) is 5.34. The molecule has 3 nitrogen and oxygen atoms in total. The summed E-state index contributed by atoms with van der Waals surface area (Å²) in [5.41, 5.74) is 7.85. The third kappa shape index (κ3) is 2.02. The lowest BCUT2D eigenvalue weighted by Crippen LogP contribution is -2.23. The zero-order chi connectivity index (χ0) is 10.8. The Kier molecular flexibility index (Phi) is 2.73. The number of nitrogens with zero attached hydrogens (tertiary/aromatic N) is 1. The fourth-order valence-electron chi connectivity index (χ4n) is 1.88. The molecule has 1 heterocycles. The zero-order valence-electron chi connectivity index (χ0n) is 8.94. The van der Waals surface area contributed by atoms with Gasteiger partial charge in [0.2, 0.25) is 5.91 Å². The molecule has 1 aliphatic rings. The molecule has 1 aliphatic heterocycles. The molecule has 3 heteroatoms. The Bertz CT molecular complexity index is 356. The highest BCUT2D eigenvalue weighted by molar-refractivity contribution is 5.95. The molecule has 0 aliphatic carbocycles. The highest BCUT2D eigenvalue weighted by Crippen LogP contribution is 2.22. The molecule has 15 heavy (non-hydrogen) atoms. The van der Waals surface area contributed by atoms with Crippen molar-refractivity contribution in [2.45, 2.75) is 25.8 Å². The molecular weight excluding hydrogens is 188 g/mol. The van der Waals surface area contributed by atoms with E-state index in [4.69, 9.17) is 5.73 Å². The lowest BCUT2D eigenvalue weighted by molar-refractivity contribution is -0.117. The van der Waals surface area contributed by atoms with Crippen LogP contribution in [0.5, 0.6) is 0 Å². The Morgan fingerprint density at radius 3 is 2.47 bits per heavy atom. The first kappa shape index (κ1) is 10.2. The fourth-order valence-corrected chi connectivity index (χ4v) is 1.88. The lowest BCUT2D eigenvalue weighted by Gasteiger charge is -2.16. The number of amides is 1. The lowest BCUT2D eigenvalue weighted by atomic mass is 10.1. The monoisotopic (exact) mass is 204 g/mol. The maximum Gasteiger partial charge on any atom is 0.227 e. The van der Waals surface area contributed by atoms with Crippen molar-refractivity contribution >= 4 is 11.6 Å². The Morgan fingerprint density at radius 1 is 1.33 bits per heavy atom. The highest BCUT2D eigenvalue weighted by Gasteiger charge is 2.21. The third-order valence-corrected chi connectivity index (χ3v) is 2.80. The van der Waals surface area contributed by atoms with Crippen LogP contribution in [0.2, 0.25) is 0 Å². The van der Waals surface area contributed by atoms with Crippen LogP contribution in [0, 0.1) is 0 Å². The molecule has 1 aromatic rings. The fraction of sp³-hybridized carbons (Fsp3) is 0.417. The third-order valence-electron chi connectivity index (χ3n) is 2.80. The van der Waals surface area contributed by atoms with Crippen LogP contribution in [-0.4, -0.2) is 12.5 Å². The van der Waals surface area contributed by atoms with Crippen LogP contribution in [0.25, 0.3) is 0 Å². The summed E-state index contributed by atoms with van der Waals surface area (Å²) in [4.78, 5) is 13.3. The Labute approximate surface area is 89.9 Å². The minimum Gasteiger partial charge on any atom is -0.324 e. The number of hydrogen-bond donors (Lipinski definition) is 1. The van der Waals surface area contributed by atoms with Gasteiger partial charge in [-0.15, -0.1) is 0 Å². The van der Waals surface area contributed by atoms with Crippen molar-refractivity contribution < 1.29 is 4.79 Å². The van der Waals surface area contributed by atoms with E-state index in [0.717, 1.165) is 24.2 Å². The maximum atomic E-state index is 11.5. The van der Waals surface area contributed by atoms with Crippen LogP contribution in [0.15, 0.2) is 24.3 Å². The number of carbonyl (C=O) groups excluding carboxylic acids is 1. The zero-order valence-corrected chi connectivity index (χ0v) is 8.94. The predicted octanol–water partition coefficient (Wildman–Crippen LogP) is 1.83. The maximum absolute atomic E-state index is 11.5. The summed E-state index contributed by atoms with van der Waals surface area (Å²) in [6, 6.07) is 7.98. The number of hydrogen-bond acceptors (Lipinski definition) is 2. The number of nitrogens with two attached hydrogens (primary N) is 1. The van der Waals surface area contributed by atoms with Crippen molar-refractivity contribution in [1.29, 1.82) is 0 Å². The summed E-state index contributed by atoms with van der Waals surface area (Å²) in [6.07, 6.45) is 1.64. The van der Waals surface area contributed by atoms with Crippen molar-refractivity contribution in [3.8, 4) is 0 Å². The minimum atomic E-state index is 0.0494. The first-order valence-electron chi connectivity index (χ1n) is 5.34. The average molecular weight is 204 g/mol. The highest BCUT2D eigenvalue weighted by atomic mass is 16.2. The van der Waals surface area contributed by atoms with E-state index in [1.165, 1.54) is 0 Å². The second-order valence-electron chi connectivity index (χ2n) is 4.03. The van der Waals surface area contributed by atoms with Crippen LogP contribution in [0.1, 0.15) is 31.4 Å². The first-order chi connectivity index (χ1) is 7.18. The second kappa shape index (κ2) is 4.03. The quantitative estimate of drug-likeness (QED) is 0.799. The summed E-state index contributed by atoms with van der Waals surface area (Å²) in [6.45, 7) is 2.80. The standard InChI is InChI=1S/C12H16N2O/c1-9(13)10-4-6-11(7-5-10)14-8-2-3-12(14)15/h4-7,9H,2-3,8,13H2,1H3/t9-/m0/s1. The van der Waals surface area contributed by atoms with E-state index >= 15 is 0 Å². The SMILES string of the molecule is C[C@H](N)c1ccc(N2CCCC2=O)cc1. The van der Waals surface area contributed by atoms with Crippen molar-refractivity contribution in [1.82, 2.24) is 0 Å². The van der Waals surface area contributed by atoms with Gasteiger partial charge in [-0.1, -0.05) is 12.1 Å². The Morgan fingerprint density at radius 2 is 2.00 bits per heavy atom. The molecule has 2 rings (SSSR count). The van der Waals surface area contributed by atoms with Gasteiger partial charge in [0.1, 0.15) is 0 Å². The Hall–Kier alpha value is -1.35. The van der Waals surface area contributed by atoms with Crippen molar-refractivity contribution in [3.05, 3.63) is 29.8 Å². The van der Waals surface area contributed by atoms with Crippen LogP contribution in [0.4, 0.5) is 5.69 Å². The molecule has 1 fully saturated rings. The van der Waals surface area contributed by atoms with E-state index in [0.29, 0.717) is 6.42 Å². The van der Waals surface area contributed by atoms with Crippen molar-refractivity contribution in [3.63, 3.8) is 0 Å². The van der Waals surface area contributed by atoms with Gasteiger partial charge < -0.3 is 10.6 Å². The van der Waals surface area contributed by atoms with Crippen molar-refractivity contribution in [2.75, 3.05) is 11.4 Å². The van der Waals surface area contributed by atoms with Gasteiger partial charge in [-0.25, -0.2) is 0 Å². The summed E-state index contributed by atoms with van der Waals surface area (Å²) in [7, 11) is 0. The van der Waals surface area contributed by atoms with Gasteiger partial charge in [-0.2, -0.15) is 0 Å². The topological polar surface area (TPSA) is 46.3 Å². The molecule has 1 saturated heterocycles. The van der Waals surface area contributed by atoms with Crippen LogP contribution in [-0.2, 0) is 4.79 Å². The molecule has 0 unspecified atom stereocenters. The molecule has 1 amide bonds. The normalized spacial score (nSPS) is 18.3. The average Bonchev–Trinajstić information content (AvgIpc) is 2.65. The number of rotatable bonds is 2. The van der Waals surface area contributed by atoms with Gasteiger partial charge in [0.05, 0.1) is 0 Å². The Balaban J connectivity index is 2.19. The summed E-state index contributed by atoms with van der Waals surface area (Å²) >= 11 is 0. The molecular formula is C12H16N2O. The summed E-state index contributed by atoms with van der Waals surface area (Å²) in [5.74, 6) is 0.226. The number of benzene rings is 1. The summed E-state index contributed by atoms with van der Waals surface area (Å²) in [5, 5.41) is 0. The molecule has 0 aromatic heterocycles.